The van der Waals surface area contributed by atoms with E-state index in [4.69, 9.17) is 5.26 Å². The van der Waals surface area contributed by atoms with Crippen molar-refractivity contribution in [1.82, 2.24) is 0 Å². The lowest BCUT2D eigenvalue weighted by Gasteiger charge is -1.90. The van der Waals surface area contributed by atoms with Gasteiger partial charge in [0.2, 0.25) is 0 Å². The molecule has 0 amide bonds. The van der Waals surface area contributed by atoms with Crippen molar-refractivity contribution >= 4 is 0 Å². The van der Waals surface area contributed by atoms with E-state index in [1.807, 2.05) is 36.9 Å². The largest absolute Gasteiger partial charge is 1.00 e. The molecule has 0 aliphatic rings. The van der Waals surface area contributed by atoms with Gasteiger partial charge in [-0.2, -0.15) is 5.26 Å². The summed E-state index contributed by atoms with van der Waals surface area (Å²) in [5.41, 5.74) is 1.85. The Hall–Kier alpha value is -0.630. The van der Waals surface area contributed by atoms with Crippen LogP contribution in [-0.2, 0) is 7.05 Å². The number of hydrogen-bond acceptors (Lipinski definition) is 1. The Morgan fingerprint density at radius 1 is 1.45 bits per heavy atom. The van der Waals surface area contributed by atoms with Crippen LogP contribution in [0.5, 0.6) is 0 Å². The zero-order chi connectivity index (χ0) is 7.56. The Labute approximate surface area is 83.5 Å². The molecule has 1 aromatic heterocycles. The quantitative estimate of drug-likeness (QED) is 0.380. The molecule has 0 saturated heterocycles. The summed E-state index contributed by atoms with van der Waals surface area (Å²) in [5.74, 6) is 0. The summed E-state index contributed by atoms with van der Waals surface area (Å²) in [5, 5.41) is 8.49. The Bertz CT molecular complexity index is 289. The topological polar surface area (TPSA) is 27.7 Å². The van der Waals surface area contributed by atoms with Gasteiger partial charge in [0.05, 0.1) is 0 Å². The fourth-order valence-corrected chi connectivity index (χ4v) is 0.748. The molecule has 1 heterocycles. The first-order chi connectivity index (χ1) is 4.74. The number of aromatic nitrogens is 1. The summed E-state index contributed by atoms with van der Waals surface area (Å²) in [6.07, 6.45) is 1.81. The third-order valence-electron chi connectivity index (χ3n) is 1.52. The second kappa shape index (κ2) is 4.29. The van der Waals surface area contributed by atoms with Gasteiger partial charge in [0.25, 0.3) is 0 Å². The van der Waals surface area contributed by atoms with Crippen LogP contribution in [0.1, 0.15) is 11.3 Å². The molecule has 0 fully saturated rings. The van der Waals surface area contributed by atoms with Crippen LogP contribution in [0.25, 0.3) is 0 Å². The van der Waals surface area contributed by atoms with Crippen LogP contribution in [-0.4, -0.2) is 0 Å². The highest BCUT2D eigenvalue weighted by molar-refractivity contribution is 5.23. The molecular weight excluding hydrogens is 251 g/mol. The number of aryl methyl sites for hydroxylation is 2. The number of pyridine rings is 1. The summed E-state index contributed by atoms with van der Waals surface area (Å²) in [4.78, 5) is 0. The molecule has 0 N–H and O–H groups in total. The zero-order valence-electron chi connectivity index (χ0n) is 6.50. The van der Waals surface area contributed by atoms with Gasteiger partial charge < -0.3 is 24.0 Å². The molecule has 1 rings (SSSR count). The minimum absolute atomic E-state index is 0. The van der Waals surface area contributed by atoms with E-state index in [0.717, 1.165) is 5.69 Å². The van der Waals surface area contributed by atoms with Gasteiger partial charge in [-0.05, 0) is 6.07 Å². The fourth-order valence-electron chi connectivity index (χ4n) is 0.748. The van der Waals surface area contributed by atoms with E-state index in [9.17, 15) is 0 Å². The van der Waals surface area contributed by atoms with E-state index >= 15 is 0 Å². The van der Waals surface area contributed by atoms with Crippen molar-refractivity contribution in [1.29, 1.82) is 5.26 Å². The predicted octanol–water partition coefficient (Wildman–Crippen LogP) is -2.30. The van der Waals surface area contributed by atoms with Gasteiger partial charge in [-0.3, -0.25) is 0 Å². The number of nitrogens with zero attached hydrogens (tertiary/aromatic N) is 2. The van der Waals surface area contributed by atoms with Gasteiger partial charge in [-0.1, -0.05) is 0 Å². The highest BCUT2D eigenvalue weighted by Gasteiger charge is 1.99. The molecule has 0 saturated carbocycles. The molecule has 1 aromatic rings. The molecule has 0 aromatic carbocycles. The normalized spacial score (nSPS) is 8.09. The van der Waals surface area contributed by atoms with Crippen molar-refractivity contribution < 1.29 is 28.5 Å². The van der Waals surface area contributed by atoms with Crippen molar-refractivity contribution in [2.45, 2.75) is 6.92 Å². The van der Waals surface area contributed by atoms with Crippen LogP contribution in [0.3, 0.4) is 0 Å². The molecule has 11 heavy (non-hydrogen) atoms. The number of hydrogen-bond donors (Lipinski definition) is 0. The van der Waals surface area contributed by atoms with Crippen LogP contribution < -0.4 is 28.5 Å². The summed E-state index contributed by atoms with van der Waals surface area (Å²) in [7, 11) is 1.93. The smallest absolute Gasteiger partial charge is 0.186 e. The van der Waals surface area contributed by atoms with Crippen molar-refractivity contribution in [2.24, 2.45) is 7.05 Å². The second-order valence-corrected chi connectivity index (χ2v) is 2.28. The molecule has 0 aliphatic heterocycles. The summed E-state index contributed by atoms with van der Waals surface area (Å²) in [6.45, 7) is 2.00. The first kappa shape index (κ1) is 10.4. The van der Waals surface area contributed by atoms with E-state index in [-0.39, 0.29) is 24.0 Å². The number of rotatable bonds is 0. The van der Waals surface area contributed by atoms with Crippen molar-refractivity contribution in [3.05, 3.63) is 29.6 Å². The maximum atomic E-state index is 8.49. The molecule has 0 spiro atoms. The van der Waals surface area contributed by atoms with Crippen LogP contribution in [0.2, 0.25) is 0 Å². The Kier molecular flexibility index (Phi) is 4.04. The molecule has 2 nitrogen and oxygen atoms in total. The van der Waals surface area contributed by atoms with Gasteiger partial charge in [0.1, 0.15) is 18.7 Å². The van der Waals surface area contributed by atoms with Gasteiger partial charge >= 0.3 is 0 Å². The first-order valence-corrected chi connectivity index (χ1v) is 3.10. The average Bonchev–Trinajstić information content (AvgIpc) is 1.95. The van der Waals surface area contributed by atoms with Gasteiger partial charge in [-0.15, -0.1) is 0 Å². The monoisotopic (exact) mass is 260 g/mol. The first-order valence-electron chi connectivity index (χ1n) is 3.10. The molecule has 0 bridgehead atoms. The molecule has 0 aliphatic carbocycles. The lowest BCUT2D eigenvalue weighted by atomic mass is 10.3. The van der Waals surface area contributed by atoms with E-state index in [1.165, 1.54) is 0 Å². The molecule has 0 unspecified atom stereocenters. The van der Waals surface area contributed by atoms with Crippen molar-refractivity contribution in [3.8, 4) is 6.07 Å². The summed E-state index contributed by atoms with van der Waals surface area (Å²) >= 11 is 0. The van der Waals surface area contributed by atoms with Crippen LogP contribution >= 0.6 is 0 Å². The SMILES string of the molecule is Cc1ccc(C#N)c[n+]1C.[I-]. The summed E-state index contributed by atoms with van der Waals surface area (Å²) < 4.78 is 1.93. The summed E-state index contributed by atoms with van der Waals surface area (Å²) in [6, 6.07) is 5.82. The standard InChI is InChI=1S/C8H9N2.HI/c1-7-3-4-8(5-9)6-10(7)2;/h3-4,6H,1-2H3;1H/q+1;/p-1. The van der Waals surface area contributed by atoms with Gasteiger partial charge in [0.15, 0.2) is 11.9 Å². The molecule has 3 heteroatoms. The molecular formula is C8H9IN2. The minimum Gasteiger partial charge on any atom is -1.00 e. The van der Waals surface area contributed by atoms with Crippen LogP contribution in [0, 0.1) is 18.3 Å². The second-order valence-electron chi connectivity index (χ2n) is 2.28. The maximum absolute atomic E-state index is 8.49. The lowest BCUT2D eigenvalue weighted by molar-refractivity contribution is -0.677. The zero-order valence-corrected chi connectivity index (χ0v) is 8.66. The van der Waals surface area contributed by atoms with Crippen molar-refractivity contribution in [2.75, 3.05) is 0 Å². The third kappa shape index (κ3) is 2.46. The van der Waals surface area contributed by atoms with E-state index in [0.29, 0.717) is 5.56 Å². The Balaban J connectivity index is 0.000001000. The van der Waals surface area contributed by atoms with Crippen LogP contribution in [0.4, 0.5) is 0 Å². The van der Waals surface area contributed by atoms with Gasteiger partial charge in [-0.25, -0.2) is 4.57 Å². The highest BCUT2D eigenvalue weighted by Crippen LogP contribution is 1.93. The minimum atomic E-state index is 0. The van der Waals surface area contributed by atoms with E-state index < -0.39 is 0 Å². The predicted molar refractivity (Wildman–Crippen MR) is 37.1 cm³/mol. The molecule has 0 atom stereocenters. The molecule has 0 radical (unpaired) electrons. The highest BCUT2D eigenvalue weighted by atomic mass is 127. The fraction of sp³-hybridized carbons (Fsp3) is 0.250. The third-order valence-corrected chi connectivity index (χ3v) is 1.52. The Morgan fingerprint density at radius 2 is 2.09 bits per heavy atom. The van der Waals surface area contributed by atoms with E-state index in [2.05, 4.69) is 6.07 Å². The lowest BCUT2D eigenvalue weighted by Crippen LogP contribution is -3.00. The van der Waals surface area contributed by atoms with Crippen molar-refractivity contribution in [3.63, 3.8) is 0 Å². The average molecular weight is 260 g/mol. The van der Waals surface area contributed by atoms with Crippen LogP contribution in [0.15, 0.2) is 18.3 Å². The maximum Gasteiger partial charge on any atom is 0.186 e. The van der Waals surface area contributed by atoms with Gasteiger partial charge in [0, 0.05) is 13.0 Å². The van der Waals surface area contributed by atoms with E-state index in [1.54, 1.807) is 0 Å². The number of nitriles is 1. The number of halogens is 1. The molecule has 58 valence electrons. The Morgan fingerprint density at radius 3 is 2.55 bits per heavy atom.